The van der Waals surface area contributed by atoms with Crippen LogP contribution in [0.25, 0.3) is 0 Å². The molecule has 1 atom stereocenters. The fraction of sp³-hybridized carbons (Fsp3) is 0.882. The predicted molar refractivity (Wildman–Crippen MR) is 91.1 cm³/mol. The van der Waals surface area contributed by atoms with Crippen molar-refractivity contribution in [3.63, 3.8) is 0 Å². The van der Waals surface area contributed by atoms with Gasteiger partial charge in [0.05, 0.1) is 16.9 Å². The van der Waals surface area contributed by atoms with Crippen molar-refractivity contribution < 1.29 is 18.0 Å². The highest BCUT2D eigenvalue weighted by atomic mass is 32.2. The number of nitrogens with zero attached hydrogens (tertiary/aromatic N) is 2. The second kappa shape index (κ2) is 6.32. The van der Waals surface area contributed by atoms with Crippen LogP contribution in [0, 0.1) is 11.3 Å². The van der Waals surface area contributed by atoms with Crippen LogP contribution in [-0.4, -0.2) is 67.2 Å². The second-order valence-corrected chi connectivity index (χ2v) is 10.2. The fourth-order valence-electron chi connectivity index (χ4n) is 4.43. The fourth-order valence-corrected chi connectivity index (χ4v) is 5.92. The van der Waals surface area contributed by atoms with Crippen LogP contribution in [0.5, 0.6) is 0 Å². The predicted octanol–water partition coefficient (Wildman–Crippen LogP) is 1.06. The number of carbonyl (C=O) groups excluding carboxylic acids is 2. The summed E-state index contributed by atoms with van der Waals surface area (Å²) in [4.78, 5) is 29.5. The maximum absolute atomic E-state index is 12.9. The van der Waals surface area contributed by atoms with E-state index in [9.17, 15) is 18.0 Å². The highest BCUT2D eigenvalue weighted by molar-refractivity contribution is 7.91. The van der Waals surface area contributed by atoms with Crippen LogP contribution >= 0.6 is 0 Å². The Morgan fingerprint density at radius 1 is 1.17 bits per heavy atom. The first-order chi connectivity index (χ1) is 11.2. The molecule has 0 aromatic rings. The van der Waals surface area contributed by atoms with Crippen molar-refractivity contribution >= 4 is 21.7 Å². The van der Waals surface area contributed by atoms with Crippen molar-refractivity contribution in [1.29, 1.82) is 0 Å². The van der Waals surface area contributed by atoms with Crippen LogP contribution in [-0.2, 0) is 19.4 Å². The summed E-state index contributed by atoms with van der Waals surface area (Å²) < 4.78 is 23.1. The summed E-state index contributed by atoms with van der Waals surface area (Å²) in [6.45, 7) is 6.03. The molecular weight excluding hydrogens is 328 g/mol. The van der Waals surface area contributed by atoms with E-state index in [-0.39, 0.29) is 35.3 Å². The molecule has 2 amide bonds. The summed E-state index contributed by atoms with van der Waals surface area (Å²) in [5.74, 6) is 0.287. The summed E-state index contributed by atoms with van der Waals surface area (Å²) in [7, 11) is -2.96. The number of piperidine rings is 1. The van der Waals surface area contributed by atoms with Gasteiger partial charge in [0.15, 0.2) is 0 Å². The van der Waals surface area contributed by atoms with E-state index in [0.717, 1.165) is 25.8 Å². The zero-order valence-electron chi connectivity index (χ0n) is 14.7. The lowest BCUT2D eigenvalue weighted by molar-refractivity contribution is -0.148. The van der Waals surface area contributed by atoms with Crippen molar-refractivity contribution in [2.45, 2.75) is 52.0 Å². The Morgan fingerprint density at radius 3 is 2.46 bits per heavy atom. The maximum Gasteiger partial charge on any atom is 0.230 e. The Morgan fingerprint density at radius 2 is 1.83 bits per heavy atom. The van der Waals surface area contributed by atoms with Gasteiger partial charge in [0, 0.05) is 31.6 Å². The number of amides is 2. The highest BCUT2D eigenvalue weighted by Gasteiger charge is 2.50. The Kier molecular flexibility index (Phi) is 4.66. The molecule has 7 heteroatoms. The minimum absolute atomic E-state index is 0.0521. The topological polar surface area (TPSA) is 74.8 Å². The summed E-state index contributed by atoms with van der Waals surface area (Å²) in [5.41, 5.74) is -0.404. The monoisotopic (exact) mass is 356 g/mol. The molecule has 3 rings (SSSR count). The van der Waals surface area contributed by atoms with Crippen LogP contribution in [0.2, 0.25) is 0 Å². The van der Waals surface area contributed by atoms with E-state index in [1.54, 1.807) is 0 Å². The van der Waals surface area contributed by atoms with Gasteiger partial charge in [0.25, 0.3) is 0 Å². The molecule has 0 aromatic heterocycles. The Labute approximate surface area is 144 Å². The van der Waals surface area contributed by atoms with Crippen LogP contribution in [0.4, 0.5) is 0 Å². The third-order valence-electron chi connectivity index (χ3n) is 5.96. The van der Waals surface area contributed by atoms with E-state index in [0.29, 0.717) is 25.9 Å². The van der Waals surface area contributed by atoms with Crippen molar-refractivity contribution in [3.8, 4) is 0 Å². The molecule has 0 N–H and O–H groups in total. The van der Waals surface area contributed by atoms with Gasteiger partial charge in [0.1, 0.15) is 9.84 Å². The van der Waals surface area contributed by atoms with Crippen molar-refractivity contribution in [3.05, 3.63) is 0 Å². The largest absolute Gasteiger partial charge is 0.341 e. The van der Waals surface area contributed by atoms with E-state index in [1.165, 1.54) is 0 Å². The Hall–Kier alpha value is -1.11. The molecule has 0 aliphatic carbocycles. The number of hydrogen-bond acceptors (Lipinski definition) is 4. The molecule has 0 aromatic carbocycles. The zero-order chi connectivity index (χ0) is 17.5. The van der Waals surface area contributed by atoms with Crippen molar-refractivity contribution in [1.82, 2.24) is 9.80 Å². The first kappa shape index (κ1) is 17.7. The van der Waals surface area contributed by atoms with Gasteiger partial charge in [0.2, 0.25) is 11.8 Å². The summed E-state index contributed by atoms with van der Waals surface area (Å²) in [6, 6.07) is 0.197. The molecule has 3 heterocycles. The lowest BCUT2D eigenvalue weighted by Crippen LogP contribution is -2.53. The van der Waals surface area contributed by atoms with Crippen LogP contribution < -0.4 is 0 Å². The van der Waals surface area contributed by atoms with Crippen LogP contribution in [0.15, 0.2) is 0 Å². The summed E-state index contributed by atoms with van der Waals surface area (Å²) in [5, 5.41) is 0. The molecule has 0 radical (unpaired) electrons. The first-order valence-corrected chi connectivity index (χ1v) is 10.9. The van der Waals surface area contributed by atoms with E-state index in [1.807, 2.05) is 23.6 Å². The average molecular weight is 356 g/mol. The highest BCUT2D eigenvalue weighted by Crippen LogP contribution is 2.41. The van der Waals surface area contributed by atoms with Crippen LogP contribution in [0.1, 0.15) is 46.0 Å². The summed E-state index contributed by atoms with van der Waals surface area (Å²) in [6.07, 6.45) is 3.45. The standard InChI is InChI=1S/C17H28N2O4S/c1-13(2)19-8-3-6-17(16(19)21)7-9-18(12-17)15(20)14-4-10-24(22,23)11-5-14/h13-14H,3-12H2,1-2H3/t17-/m1/s1. The number of hydrogen-bond donors (Lipinski definition) is 0. The van der Waals surface area contributed by atoms with Gasteiger partial charge in [-0.3, -0.25) is 9.59 Å². The third-order valence-corrected chi connectivity index (χ3v) is 7.68. The lowest BCUT2D eigenvalue weighted by Gasteiger charge is -2.41. The molecule has 6 nitrogen and oxygen atoms in total. The molecule has 1 spiro atoms. The van der Waals surface area contributed by atoms with Gasteiger partial charge in [-0.05, 0) is 46.0 Å². The van der Waals surface area contributed by atoms with Gasteiger partial charge in [-0.1, -0.05) is 0 Å². The maximum atomic E-state index is 12.9. The Balaban J connectivity index is 1.66. The Bertz CT molecular complexity index is 617. The SMILES string of the molecule is CC(C)N1CCC[C@]2(CCN(C(=O)C3CCS(=O)(=O)CC3)C2)C1=O. The molecule has 0 saturated carbocycles. The van der Waals surface area contributed by atoms with Gasteiger partial charge in [-0.25, -0.2) is 8.42 Å². The van der Waals surface area contributed by atoms with Crippen molar-refractivity contribution in [2.24, 2.45) is 11.3 Å². The molecule has 0 bridgehead atoms. The first-order valence-electron chi connectivity index (χ1n) is 9.04. The quantitative estimate of drug-likeness (QED) is 0.741. The number of sulfone groups is 1. The van der Waals surface area contributed by atoms with Crippen molar-refractivity contribution in [2.75, 3.05) is 31.1 Å². The second-order valence-electron chi connectivity index (χ2n) is 7.91. The molecule has 3 aliphatic heterocycles. The molecule has 0 unspecified atom stereocenters. The molecule has 24 heavy (non-hydrogen) atoms. The molecule has 3 aliphatic rings. The molecular formula is C17H28N2O4S. The van der Waals surface area contributed by atoms with E-state index in [2.05, 4.69) is 0 Å². The number of rotatable bonds is 2. The van der Waals surface area contributed by atoms with Gasteiger partial charge < -0.3 is 9.80 Å². The van der Waals surface area contributed by atoms with E-state index >= 15 is 0 Å². The van der Waals surface area contributed by atoms with E-state index < -0.39 is 15.3 Å². The number of likely N-dealkylation sites (tertiary alicyclic amines) is 2. The van der Waals surface area contributed by atoms with Gasteiger partial charge in [-0.2, -0.15) is 0 Å². The minimum atomic E-state index is -2.96. The third kappa shape index (κ3) is 3.19. The van der Waals surface area contributed by atoms with Gasteiger partial charge >= 0.3 is 0 Å². The molecule has 3 fully saturated rings. The average Bonchev–Trinajstić information content (AvgIpc) is 2.94. The van der Waals surface area contributed by atoms with Gasteiger partial charge in [-0.15, -0.1) is 0 Å². The lowest BCUT2D eigenvalue weighted by atomic mass is 9.78. The minimum Gasteiger partial charge on any atom is -0.341 e. The van der Waals surface area contributed by atoms with Crippen LogP contribution in [0.3, 0.4) is 0 Å². The zero-order valence-corrected chi connectivity index (χ0v) is 15.5. The molecule has 136 valence electrons. The molecule has 3 saturated heterocycles. The smallest absolute Gasteiger partial charge is 0.230 e. The summed E-state index contributed by atoms with van der Waals surface area (Å²) >= 11 is 0. The normalized spacial score (nSPS) is 31.2. The number of carbonyl (C=O) groups is 2. The van der Waals surface area contributed by atoms with E-state index in [4.69, 9.17) is 0 Å².